The van der Waals surface area contributed by atoms with E-state index >= 15 is 0 Å². The molecule has 0 bridgehead atoms. The largest absolute Gasteiger partial charge is 0.340 e. The molecule has 3 nitrogen and oxygen atoms in total. The zero-order valence-electron chi connectivity index (χ0n) is 11.3. The Kier molecular flexibility index (Phi) is 5.74. The molecule has 0 aromatic heterocycles. The number of alkyl halides is 1. The Morgan fingerprint density at radius 1 is 1.12 bits per heavy atom. The van der Waals surface area contributed by atoms with E-state index in [-0.39, 0.29) is 5.54 Å². The van der Waals surface area contributed by atoms with Crippen molar-refractivity contribution in [2.24, 2.45) is 0 Å². The van der Waals surface area contributed by atoms with E-state index < -0.39 is 0 Å². The van der Waals surface area contributed by atoms with Gasteiger partial charge in [0.2, 0.25) is 5.91 Å². The maximum atomic E-state index is 11.9. The molecule has 1 aliphatic heterocycles. The molecule has 100 valence electrons. The van der Waals surface area contributed by atoms with Crippen LogP contribution in [0, 0.1) is 0 Å². The van der Waals surface area contributed by atoms with Crippen molar-refractivity contribution in [1.29, 1.82) is 0 Å². The number of amides is 1. The third kappa shape index (κ3) is 4.84. The molecule has 0 aromatic carbocycles. The van der Waals surface area contributed by atoms with E-state index in [1.165, 1.54) is 0 Å². The topological polar surface area (TPSA) is 23.6 Å². The van der Waals surface area contributed by atoms with Crippen LogP contribution < -0.4 is 0 Å². The van der Waals surface area contributed by atoms with Gasteiger partial charge in [0.1, 0.15) is 0 Å². The molecule has 0 atom stereocenters. The van der Waals surface area contributed by atoms with Crippen LogP contribution >= 0.6 is 11.6 Å². The summed E-state index contributed by atoms with van der Waals surface area (Å²) in [4.78, 5) is 16.3. The van der Waals surface area contributed by atoms with E-state index in [9.17, 15) is 4.79 Å². The number of nitrogens with zero attached hydrogens (tertiary/aromatic N) is 2. The molecule has 0 aliphatic carbocycles. The van der Waals surface area contributed by atoms with Gasteiger partial charge in [-0.05, 0) is 33.6 Å². The van der Waals surface area contributed by atoms with Crippen molar-refractivity contribution < 1.29 is 4.79 Å². The molecule has 1 aliphatic rings. The third-order valence-corrected chi connectivity index (χ3v) is 3.62. The SMILES string of the molecule is CC(C)(C)N1CCN(C(=O)CCCCCl)CC1. The lowest BCUT2D eigenvalue weighted by atomic mass is 10.0. The molecule has 0 aromatic rings. The van der Waals surface area contributed by atoms with E-state index in [0.717, 1.165) is 39.0 Å². The van der Waals surface area contributed by atoms with Crippen molar-refractivity contribution >= 4 is 17.5 Å². The molecular formula is C13H25ClN2O. The highest BCUT2D eigenvalue weighted by atomic mass is 35.5. The van der Waals surface area contributed by atoms with E-state index in [2.05, 4.69) is 25.7 Å². The van der Waals surface area contributed by atoms with E-state index in [1.54, 1.807) is 0 Å². The summed E-state index contributed by atoms with van der Waals surface area (Å²) in [5, 5.41) is 0. The highest BCUT2D eigenvalue weighted by Crippen LogP contribution is 2.16. The number of carbonyl (C=O) groups excluding carboxylic acids is 1. The summed E-state index contributed by atoms with van der Waals surface area (Å²) >= 11 is 5.61. The Morgan fingerprint density at radius 3 is 2.18 bits per heavy atom. The van der Waals surface area contributed by atoms with Crippen molar-refractivity contribution in [3.63, 3.8) is 0 Å². The lowest BCUT2D eigenvalue weighted by molar-refractivity contribution is -0.133. The van der Waals surface area contributed by atoms with Crippen LogP contribution in [-0.4, -0.2) is 53.3 Å². The normalized spacial score (nSPS) is 18.5. The Morgan fingerprint density at radius 2 is 1.71 bits per heavy atom. The number of halogens is 1. The number of hydrogen-bond acceptors (Lipinski definition) is 2. The van der Waals surface area contributed by atoms with Crippen LogP contribution in [0.25, 0.3) is 0 Å². The summed E-state index contributed by atoms with van der Waals surface area (Å²) in [6, 6.07) is 0. The first-order valence-electron chi connectivity index (χ1n) is 6.54. The summed E-state index contributed by atoms with van der Waals surface area (Å²) in [5.41, 5.74) is 0.216. The van der Waals surface area contributed by atoms with Crippen molar-refractivity contribution in [3.8, 4) is 0 Å². The number of rotatable bonds is 4. The second kappa shape index (κ2) is 6.60. The van der Waals surface area contributed by atoms with Gasteiger partial charge in [-0.2, -0.15) is 0 Å². The van der Waals surface area contributed by atoms with Crippen LogP contribution in [0.4, 0.5) is 0 Å². The molecule has 0 radical (unpaired) electrons. The van der Waals surface area contributed by atoms with Crippen molar-refractivity contribution in [2.75, 3.05) is 32.1 Å². The minimum Gasteiger partial charge on any atom is -0.340 e. The summed E-state index contributed by atoms with van der Waals surface area (Å²) in [6.07, 6.45) is 2.51. The average Bonchev–Trinajstić information content (AvgIpc) is 2.28. The predicted octanol–water partition coefficient (Wildman–Crippen LogP) is 2.34. The molecule has 0 N–H and O–H groups in total. The second-order valence-electron chi connectivity index (χ2n) is 5.68. The fourth-order valence-electron chi connectivity index (χ4n) is 2.16. The van der Waals surface area contributed by atoms with Crippen LogP contribution in [-0.2, 0) is 4.79 Å². The summed E-state index contributed by atoms with van der Waals surface area (Å²) in [6.45, 7) is 10.4. The summed E-state index contributed by atoms with van der Waals surface area (Å²) in [7, 11) is 0. The second-order valence-corrected chi connectivity index (χ2v) is 6.06. The molecule has 17 heavy (non-hydrogen) atoms. The number of piperazine rings is 1. The van der Waals surface area contributed by atoms with Gasteiger partial charge in [-0.3, -0.25) is 9.69 Å². The Hall–Kier alpha value is -0.280. The molecular weight excluding hydrogens is 236 g/mol. The first-order valence-corrected chi connectivity index (χ1v) is 7.07. The van der Waals surface area contributed by atoms with Gasteiger partial charge < -0.3 is 4.90 Å². The van der Waals surface area contributed by atoms with Gasteiger partial charge in [-0.15, -0.1) is 11.6 Å². The predicted molar refractivity (Wildman–Crippen MR) is 72.5 cm³/mol. The monoisotopic (exact) mass is 260 g/mol. The van der Waals surface area contributed by atoms with E-state index in [4.69, 9.17) is 11.6 Å². The van der Waals surface area contributed by atoms with Gasteiger partial charge in [0.05, 0.1) is 0 Å². The first-order chi connectivity index (χ1) is 7.95. The molecule has 4 heteroatoms. The fourth-order valence-corrected chi connectivity index (χ4v) is 2.34. The number of carbonyl (C=O) groups is 1. The van der Waals surface area contributed by atoms with Gasteiger partial charge in [-0.1, -0.05) is 0 Å². The zero-order valence-corrected chi connectivity index (χ0v) is 12.1. The highest BCUT2D eigenvalue weighted by Gasteiger charge is 2.27. The minimum atomic E-state index is 0.216. The van der Waals surface area contributed by atoms with Crippen LogP contribution in [0.3, 0.4) is 0 Å². The van der Waals surface area contributed by atoms with Crippen LogP contribution in [0.2, 0.25) is 0 Å². The minimum absolute atomic E-state index is 0.216. The summed E-state index contributed by atoms with van der Waals surface area (Å²) in [5.74, 6) is 0.953. The van der Waals surface area contributed by atoms with Crippen molar-refractivity contribution in [2.45, 2.75) is 45.6 Å². The van der Waals surface area contributed by atoms with Gasteiger partial charge >= 0.3 is 0 Å². The van der Waals surface area contributed by atoms with Gasteiger partial charge in [0.15, 0.2) is 0 Å². The fraction of sp³-hybridized carbons (Fsp3) is 0.923. The van der Waals surface area contributed by atoms with Crippen molar-refractivity contribution in [3.05, 3.63) is 0 Å². The smallest absolute Gasteiger partial charge is 0.222 e. The maximum Gasteiger partial charge on any atom is 0.222 e. The highest BCUT2D eigenvalue weighted by molar-refractivity contribution is 6.17. The zero-order chi connectivity index (χ0) is 12.9. The van der Waals surface area contributed by atoms with Crippen LogP contribution in [0.15, 0.2) is 0 Å². The number of unbranched alkanes of at least 4 members (excludes halogenated alkanes) is 1. The molecule has 1 rings (SSSR count). The summed E-state index contributed by atoms with van der Waals surface area (Å²) < 4.78 is 0. The Bertz CT molecular complexity index is 242. The first kappa shape index (κ1) is 14.8. The maximum absolute atomic E-state index is 11.9. The van der Waals surface area contributed by atoms with Gasteiger partial charge in [-0.25, -0.2) is 0 Å². The molecule has 1 fully saturated rings. The quantitative estimate of drug-likeness (QED) is 0.572. The number of hydrogen-bond donors (Lipinski definition) is 0. The van der Waals surface area contributed by atoms with Crippen molar-refractivity contribution in [1.82, 2.24) is 9.80 Å². The molecule has 1 heterocycles. The Balaban J connectivity index is 2.29. The molecule has 0 spiro atoms. The molecule has 0 unspecified atom stereocenters. The lowest BCUT2D eigenvalue weighted by Crippen LogP contribution is -2.54. The Labute approximate surface area is 110 Å². The third-order valence-electron chi connectivity index (χ3n) is 3.36. The van der Waals surface area contributed by atoms with E-state index in [0.29, 0.717) is 18.2 Å². The van der Waals surface area contributed by atoms with Crippen LogP contribution in [0.1, 0.15) is 40.0 Å². The molecule has 1 saturated heterocycles. The van der Waals surface area contributed by atoms with Crippen LogP contribution in [0.5, 0.6) is 0 Å². The standard InChI is InChI=1S/C13H25ClN2O/c1-13(2,3)16-10-8-15(9-11-16)12(17)6-4-5-7-14/h4-11H2,1-3H3. The van der Waals surface area contributed by atoms with Gasteiger partial charge in [0, 0.05) is 44.0 Å². The molecule has 0 saturated carbocycles. The van der Waals surface area contributed by atoms with E-state index in [1.807, 2.05) is 4.90 Å². The van der Waals surface area contributed by atoms with Gasteiger partial charge in [0.25, 0.3) is 0 Å². The average molecular weight is 261 g/mol. The molecule has 1 amide bonds. The lowest BCUT2D eigenvalue weighted by Gasteiger charge is -2.42.